The minimum atomic E-state index is -0.396. The molecule has 1 atom stereocenters. The average Bonchev–Trinajstić information content (AvgIpc) is 2.38. The highest BCUT2D eigenvalue weighted by atomic mass is 79.9. The van der Waals surface area contributed by atoms with Crippen molar-refractivity contribution in [3.05, 3.63) is 64.1 Å². The molecule has 2 aromatic carbocycles. The van der Waals surface area contributed by atoms with Gasteiger partial charge in [-0.2, -0.15) is 0 Å². The summed E-state index contributed by atoms with van der Waals surface area (Å²) in [5.41, 5.74) is 2.25. The molecule has 0 saturated carbocycles. The number of rotatable bonds is 4. The summed E-state index contributed by atoms with van der Waals surface area (Å²) in [7, 11) is 0. The molecule has 1 N–H and O–H groups in total. The molecule has 0 aromatic heterocycles. The first-order valence-corrected chi connectivity index (χ1v) is 7.59. The highest BCUT2D eigenvalue weighted by Crippen LogP contribution is 2.27. The molecule has 2 rings (SSSR count). The van der Waals surface area contributed by atoms with E-state index >= 15 is 0 Å². The van der Waals surface area contributed by atoms with Gasteiger partial charge in [0, 0.05) is 15.1 Å². The van der Waals surface area contributed by atoms with Gasteiger partial charge in [-0.25, -0.2) is 0 Å². The van der Waals surface area contributed by atoms with Gasteiger partial charge in [-0.05, 0) is 36.2 Å². The van der Waals surface area contributed by atoms with E-state index in [-0.39, 0.29) is 0 Å². The van der Waals surface area contributed by atoms with Crippen LogP contribution in [-0.2, 0) is 5.75 Å². The third-order valence-corrected chi connectivity index (χ3v) is 4.55. The fourth-order valence-electron chi connectivity index (χ4n) is 1.62. The molecule has 0 aliphatic heterocycles. The Hall–Kier alpha value is -0.770. The Labute approximate surface area is 120 Å². The molecule has 0 radical (unpaired) electrons. The Bertz CT molecular complexity index is 508. The van der Waals surface area contributed by atoms with Crippen molar-refractivity contribution in [1.82, 2.24) is 0 Å². The second kappa shape index (κ2) is 6.41. The van der Waals surface area contributed by atoms with Crippen molar-refractivity contribution in [2.24, 2.45) is 0 Å². The van der Waals surface area contributed by atoms with Crippen LogP contribution in [0.2, 0.25) is 0 Å². The van der Waals surface area contributed by atoms with E-state index in [1.165, 1.54) is 10.5 Å². The average molecular weight is 323 g/mol. The molecule has 3 heteroatoms. The van der Waals surface area contributed by atoms with Gasteiger partial charge in [0.25, 0.3) is 0 Å². The first-order chi connectivity index (χ1) is 8.66. The van der Waals surface area contributed by atoms with Crippen LogP contribution in [0.5, 0.6) is 0 Å². The Kier molecular flexibility index (Phi) is 4.87. The van der Waals surface area contributed by atoms with Crippen LogP contribution in [0.25, 0.3) is 0 Å². The fraction of sp³-hybridized carbons (Fsp3) is 0.200. The van der Waals surface area contributed by atoms with E-state index in [2.05, 4.69) is 46.3 Å². The Morgan fingerprint density at radius 3 is 2.39 bits per heavy atom. The summed E-state index contributed by atoms with van der Waals surface area (Å²) in [6.07, 6.45) is -0.396. The maximum Gasteiger partial charge on any atom is 0.0761 e. The summed E-state index contributed by atoms with van der Waals surface area (Å²) in [5.74, 6) is 0.940. The molecule has 2 aromatic rings. The number of benzene rings is 2. The maximum absolute atomic E-state index is 9.45. The number of hydrogen-bond donors (Lipinski definition) is 1. The molecule has 0 aliphatic carbocycles. The maximum atomic E-state index is 9.45. The molecule has 0 spiro atoms. The summed E-state index contributed by atoms with van der Waals surface area (Å²) in [6, 6.07) is 16.3. The summed E-state index contributed by atoms with van der Waals surface area (Å²) in [6.45, 7) is 1.78. The normalized spacial score (nSPS) is 12.4. The molecule has 94 valence electrons. The quantitative estimate of drug-likeness (QED) is 0.816. The predicted molar refractivity (Wildman–Crippen MR) is 80.8 cm³/mol. The monoisotopic (exact) mass is 322 g/mol. The van der Waals surface area contributed by atoms with E-state index in [4.69, 9.17) is 0 Å². The molecule has 0 saturated heterocycles. The van der Waals surface area contributed by atoms with E-state index in [1.807, 2.05) is 18.2 Å². The minimum Gasteiger partial charge on any atom is -0.389 e. The van der Waals surface area contributed by atoms with Crippen LogP contribution in [-0.4, -0.2) is 5.11 Å². The van der Waals surface area contributed by atoms with Gasteiger partial charge >= 0.3 is 0 Å². The topological polar surface area (TPSA) is 20.2 Å². The van der Waals surface area contributed by atoms with Crippen molar-refractivity contribution in [3.8, 4) is 0 Å². The molecular weight excluding hydrogens is 308 g/mol. The zero-order chi connectivity index (χ0) is 13.0. The molecule has 1 nitrogen and oxygen atoms in total. The molecule has 0 aliphatic rings. The van der Waals surface area contributed by atoms with Gasteiger partial charge in [0.05, 0.1) is 6.10 Å². The highest BCUT2D eigenvalue weighted by molar-refractivity contribution is 9.10. The van der Waals surface area contributed by atoms with Crippen molar-refractivity contribution in [2.45, 2.75) is 23.7 Å². The Balaban J connectivity index is 2.00. The lowest BCUT2D eigenvalue weighted by atomic mass is 10.1. The smallest absolute Gasteiger partial charge is 0.0761 e. The molecular formula is C15H15BrOS. The lowest BCUT2D eigenvalue weighted by molar-refractivity contribution is 0.199. The third kappa shape index (κ3) is 3.61. The number of hydrogen-bond acceptors (Lipinski definition) is 2. The Morgan fingerprint density at radius 1 is 1.11 bits per heavy atom. The summed E-state index contributed by atoms with van der Waals surface area (Å²) in [4.78, 5) is 1.22. The standard InChI is InChI=1S/C15H15BrOS/c1-11(17)12-6-8-14(9-7-12)18-10-13-4-2-3-5-15(13)16/h2-9,11,17H,10H2,1H3. The SMILES string of the molecule is CC(O)c1ccc(SCc2ccccc2Br)cc1. The van der Waals surface area contributed by atoms with E-state index < -0.39 is 6.10 Å². The van der Waals surface area contributed by atoms with Gasteiger partial charge in [0.15, 0.2) is 0 Å². The van der Waals surface area contributed by atoms with Crippen LogP contribution >= 0.6 is 27.7 Å². The molecule has 0 amide bonds. The van der Waals surface area contributed by atoms with Gasteiger partial charge in [-0.3, -0.25) is 0 Å². The van der Waals surface area contributed by atoms with E-state index in [0.29, 0.717) is 0 Å². The lowest BCUT2D eigenvalue weighted by Crippen LogP contribution is -1.89. The largest absolute Gasteiger partial charge is 0.389 e. The number of halogens is 1. The fourth-order valence-corrected chi connectivity index (χ4v) is 3.13. The van der Waals surface area contributed by atoms with E-state index in [0.717, 1.165) is 15.8 Å². The molecule has 0 fully saturated rings. The van der Waals surface area contributed by atoms with Crippen LogP contribution in [0, 0.1) is 0 Å². The minimum absolute atomic E-state index is 0.396. The molecule has 1 unspecified atom stereocenters. The third-order valence-electron chi connectivity index (χ3n) is 2.71. The summed E-state index contributed by atoms with van der Waals surface area (Å²) < 4.78 is 1.15. The van der Waals surface area contributed by atoms with Gasteiger partial charge in [0.2, 0.25) is 0 Å². The number of aliphatic hydroxyl groups is 1. The van der Waals surface area contributed by atoms with Crippen LogP contribution in [0.4, 0.5) is 0 Å². The zero-order valence-corrected chi connectivity index (χ0v) is 12.5. The van der Waals surface area contributed by atoms with Crippen LogP contribution in [0.15, 0.2) is 57.9 Å². The van der Waals surface area contributed by atoms with Crippen molar-refractivity contribution < 1.29 is 5.11 Å². The summed E-state index contributed by atoms with van der Waals surface area (Å²) >= 11 is 5.35. The predicted octanol–water partition coefficient (Wildman–Crippen LogP) is 4.79. The first kappa shape index (κ1) is 13.7. The van der Waals surface area contributed by atoms with Gasteiger partial charge in [-0.1, -0.05) is 46.3 Å². The van der Waals surface area contributed by atoms with Crippen LogP contribution < -0.4 is 0 Å². The number of aliphatic hydroxyl groups excluding tert-OH is 1. The van der Waals surface area contributed by atoms with Crippen LogP contribution in [0.3, 0.4) is 0 Å². The van der Waals surface area contributed by atoms with Crippen molar-refractivity contribution in [3.63, 3.8) is 0 Å². The molecule has 0 heterocycles. The van der Waals surface area contributed by atoms with Crippen molar-refractivity contribution in [1.29, 1.82) is 0 Å². The van der Waals surface area contributed by atoms with Crippen molar-refractivity contribution >= 4 is 27.7 Å². The van der Waals surface area contributed by atoms with Gasteiger partial charge < -0.3 is 5.11 Å². The van der Waals surface area contributed by atoms with Gasteiger partial charge in [0.1, 0.15) is 0 Å². The molecule has 18 heavy (non-hydrogen) atoms. The van der Waals surface area contributed by atoms with Crippen LogP contribution in [0.1, 0.15) is 24.2 Å². The number of thioether (sulfide) groups is 1. The Morgan fingerprint density at radius 2 is 1.78 bits per heavy atom. The highest BCUT2D eigenvalue weighted by Gasteiger charge is 2.02. The zero-order valence-electron chi connectivity index (χ0n) is 10.1. The molecule has 0 bridgehead atoms. The van der Waals surface area contributed by atoms with Crippen molar-refractivity contribution in [2.75, 3.05) is 0 Å². The first-order valence-electron chi connectivity index (χ1n) is 5.81. The second-order valence-electron chi connectivity index (χ2n) is 4.13. The van der Waals surface area contributed by atoms with E-state index in [9.17, 15) is 5.11 Å². The van der Waals surface area contributed by atoms with Gasteiger partial charge in [-0.15, -0.1) is 11.8 Å². The summed E-state index contributed by atoms with van der Waals surface area (Å²) in [5, 5.41) is 9.45. The second-order valence-corrected chi connectivity index (χ2v) is 6.03. The lowest BCUT2D eigenvalue weighted by Gasteiger charge is -2.07. The van der Waals surface area contributed by atoms with E-state index in [1.54, 1.807) is 18.7 Å².